The number of aromatic nitrogens is 4. The molecule has 0 amide bonds. The zero-order valence-electron chi connectivity index (χ0n) is 22.8. The Morgan fingerprint density at radius 2 is 2.00 bits per heavy atom. The number of para-hydroxylation sites is 1. The fourth-order valence-corrected chi connectivity index (χ4v) is 5.99. The number of nitrogen functional groups attached to an aromatic ring is 1. The third kappa shape index (κ3) is 6.56. The predicted octanol–water partition coefficient (Wildman–Crippen LogP) is 1.81. The number of fused-ring (bicyclic) bond motifs is 1. The molecule has 0 bridgehead atoms. The van der Waals surface area contributed by atoms with Crippen molar-refractivity contribution in [2.45, 2.75) is 56.2 Å². The van der Waals surface area contributed by atoms with Gasteiger partial charge in [-0.3, -0.25) is 13.9 Å². The molecule has 0 spiro atoms. The largest absolute Gasteiger partial charge is 0.462 e. The second-order valence-electron chi connectivity index (χ2n) is 9.60. The molecule has 4 rings (SSSR count). The number of alkyl halides is 1. The third-order valence-electron chi connectivity index (χ3n) is 6.16. The van der Waals surface area contributed by atoms with E-state index in [-0.39, 0.29) is 17.3 Å². The number of hydrogen-bond acceptors (Lipinski definition) is 13. The van der Waals surface area contributed by atoms with Crippen LogP contribution < -0.4 is 20.7 Å². The number of anilines is 2. The lowest BCUT2D eigenvalue weighted by molar-refractivity contribution is -0.149. The number of carbonyl (C=O) groups excluding carboxylic acids is 1. The summed E-state index contributed by atoms with van der Waals surface area (Å²) >= 11 is 6.73. The molecule has 41 heavy (non-hydrogen) atoms. The Morgan fingerprint density at radius 1 is 1.29 bits per heavy atom. The van der Waals surface area contributed by atoms with E-state index in [2.05, 4.69) is 25.4 Å². The number of nitrogens with one attached hydrogen (secondary N) is 2. The molecule has 17 heteroatoms. The lowest BCUT2D eigenvalue weighted by Gasteiger charge is -2.28. The van der Waals surface area contributed by atoms with Crippen LogP contribution in [0.15, 0.2) is 36.7 Å². The van der Waals surface area contributed by atoms with Gasteiger partial charge in [0, 0.05) is 7.05 Å². The number of esters is 1. The van der Waals surface area contributed by atoms with Crippen LogP contribution in [-0.2, 0) is 23.4 Å². The van der Waals surface area contributed by atoms with Crippen molar-refractivity contribution in [1.82, 2.24) is 24.6 Å². The third-order valence-corrected chi connectivity index (χ3v) is 8.34. The van der Waals surface area contributed by atoms with Gasteiger partial charge in [-0.05, 0) is 32.9 Å². The number of halogens is 1. The highest BCUT2D eigenvalue weighted by atomic mass is 35.5. The first-order chi connectivity index (χ1) is 19.4. The predicted molar refractivity (Wildman–Crippen MR) is 149 cm³/mol. The summed E-state index contributed by atoms with van der Waals surface area (Å²) in [5, 5.41) is 26.8. The van der Waals surface area contributed by atoms with E-state index in [1.807, 2.05) is 0 Å². The minimum Gasteiger partial charge on any atom is -0.462 e. The van der Waals surface area contributed by atoms with E-state index in [1.54, 1.807) is 51.2 Å². The number of aliphatic hydroxyl groups is 2. The molecule has 0 radical (unpaired) electrons. The van der Waals surface area contributed by atoms with Crippen LogP contribution in [0, 0.1) is 0 Å². The summed E-state index contributed by atoms with van der Waals surface area (Å²) in [5.41, 5.74) is 6.43. The first-order valence-electron chi connectivity index (χ1n) is 12.7. The fourth-order valence-electron chi connectivity index (χ4n) is 4.19. The van der Waals surface area contributed by atoms with Gasteiger partial charge in [-0.2, -0.15) is 15.1 Å². The SMILES string of the molecule is CNc1nc(N)nc2c1ncn2[C@@H]1O[C@H](CO[P@@](=O)(N[C@H](C)C(=O)OC(C)C)Oc2ccccc2)[C@@H](O)[C@]1(Cl)CO. The van der Waals surface area contributed by atoms with E-state index >= 15 is 0 Å². The Balaban J connectivity index is 1.59. The van der Waals surface area contributed by atoms with Crippen LogP contribution >= 0.6 is 19.3 Å². The van der Waals surface area contributed by atoms with Crippen molar-refractivity contribution >= 4 is 48.2 Å². The van der Waals surface area contributed by atoms with E-state index in [0.717, 1.165) is 0 Å². The normalized spacial score (nSPS) is 24.7. The molecule has 3 heterocycles. The fraction of sp³-hybridized carbons (Fsp3) is 0.500. The van der Waals surface area contributed by atoms with Crippen molar-refractivity contribution in [3.63, 3.8) is 0 Å². The van der Waals surface area contributed by atoms with Crippen molar-refractivity contribution in [1.29, 1.82) is 0 Å². The van der Waals surface area contributed by atoms with Crippen LogP contribution in [0.25, 0.3) is 11.2 Å². The Hall–Kier alpha value is -3.04. The summed E-state index contributed by atoms with van der Waals surface area (Å²) in [4.78, 5) is 23.2. The number of aliphatic hydroxyl groups excluding tert-OH is 2. The molecule has 224 valence electrons. The quantitative estimate of drug-likeness (QED) is 0.112. The van der Waals surface area contributed by atoms with Crippen molar-refractivity contribution in [2.75, 3.05) is 31.3 Å². The topological polar surface area (TPSA) is 205 Å². The van der Waals surface area contributed by atoms with E-state index in [4.69, 9.17) is 35.9 Å². The number of nitrogens with two attached hydrogens (primary N) is 1. The van der Waals surface area contributed by atoms with Crippen molar-refractivity contribution in [3.05, 3.63) is 36.7 Å². The number of ether oxygens (including phenoxy) is 2. The Labute approximate surface area is 240 Å². The molecule has 0 unspecified atom stereocenters. The summed E-state index contributed by atoms with van der Waals surface area (Å²) in [6, 6.07) is 7.10. The number of rotatable bonds is 12. The van der Waals surface area contributed by atoms with Gasteiger partial charge in [0.2, 0.25) is 5.95 Å². The average molecular weight is 614 g/mol. The summed E-state index contributed by atoms with van der Waals surface area (Å²) < 4.78 is 37.8. The molecule has 0 saturated carbocycles. The molecule has 0 aliphatic carbocycles. The minimum atomic E-state index is -4.27. The van der Waals surface area contributed by atoms with Crippen LogP contribution in [0.1, 0.15) is 27.0 Å². The van der Waals surface area contributed by atoms with E-state index < -0.39 is 62.4 Å². The summed E-state index contributed by atoms with van der Waals surface area (Å²) in [6.07, 6.45) is -2.98. The minimum absolute atomic E-state index is 0.0543. The average Bonchev–Trinajstić information content (AvgIpc) is 3.45. The van der Waals surface area contributed by atoms with E-state index in [9.17, 15) is 19.6 Å². The van der Waals surface area contributed by atoms with Gasteiger partial charge >= 0.3 is 13.7 Å². The van der Waals surface area contributed by atoms with Crippen LogP contribution in [0.2, 0.25) is 0 Å². The number of benzene rings is 1. The molecule has 3 aromatic rings. The number of carbonyl (C=O) groups is 1. The van der Waals surface area contributed by atoms with E-state index in [0.29, 0.717) is 11.3 Å². The molecular weight excluding hydrogens is 581 g/mol. The van der Waals surface area contributed by atoms with Crippen LogP contribution in [0.4, 0.5) is 11.8 Å². The number of nitrogens with zero attached hydrogens (tertiary/aromatic N) is 4. The lowest BCUT2D eigenvalue weighted by Crippen LogP contribution is -2.45. The zero-order chi connectivity index (χ0) is 29.9. The zero-order valence-corrected chi connectivity index (χ0v) is 24.5. The molecule has 1 aliphatic heterocycles. The molecule has 2 aromatic heterocycles. The second-order valence-corrected chi connectivity index (χ2v) is 12.0. The van der Waals surface area contributed by atoms with Gasteiger partial charge in [0.15, 0.2) is 23.2 Å². The Kier molecular flexibility index (Phi) is 9.39. The molecule has 1 fully saturated rings. The van der Waals surface area contributed by atoms with Crippen molar-refractivity contribution < 1.29 is 38.1 Å². The lowest BCUT2D eigenvalue weighted by atomic mass is 9.99. The van der Waals surface area contributed by atoms with Gasteiger partial charge in [0.25, 0.3) is 0 Å². The van der Waals surface area contributed by atoms with Gasteiger partial charge in [-0.15, -0.1) is 11.6 Å². The standard InChI is InChI=1S/C24H33ClN7O8P/c1-13(2)38-21(35)14(3)31-41(36,40-15-8-6-5-7-9-15)37-10-16-18(34)24(25,11-33)22(39-16)32-12-28-17-19(27-4)29-23(26)30-20(17)32/h5-9,12-14,16,18,22,33-34H,10-11H2,1-4H3,(H,31,36)(H3,26,27,29,30)/t14-,16-,18-,22-,24-,41+/m1/s1. The summed E-state index contributed by atoms with van der Waals surface area (Å²) in [7, 11) is -2.64. The highest BCUT2D eigenvalue weighted by Crippen LogP contribution is 2.48. The van der Waals surface area contributed by atoms with Crippen LogP contribution in [-0.4, -0.2) is 85.2 Å². The maximum Gasteiger partial charge on any atom is 0.459 e. The monoisotopic (exact) mass is 613 g/mol. The summed E-state index contributed by atoms with van der Waals surface area (Å²) in [5.74, 6) is -0.180. The van der Waals surface area contributed by atoms with Crippen LogP contribution in [0.3, 0.4) is 0 Å². The first-order valence-corrected chi connectivity index (χ1v) is 14.6. The first kappa shape index (κ1) is 30.9. The van der Waals surface area contributed by atoms with Gasteiger partial charge < -0.3 is 35.3 Å². The number of imidazole rings is 1. The van der Waals surface area contributed by atoms with Gasteiger partial charge in [-0.1, -0.05) is 18.2 Å². The second kappa shape index (κ2) is 12.4. The Bertz CT molecular complexity index is 1410. The molecule has 1 saturated heterocycles. The molecule has 1 aliphatic rings. The van der Waals surface area contributed by atoms with Crippen LogP contribution in [0.5, 0.6) is 5.75 Å². The number of hydrogen-bond donors (Lipinski definition) is 5. The molecular formula is C24H33ClN7O8P. The highest BCUT2D eigenvalue weighted by Gasteiger charge is 2.57. The molecule has 1 aromatic carbocycles. The molecule has 15 nitrogen and oxygen atoms in total. The van der Waals surface area contributed by atoms with Gasteiger partial charge in [0.1, 0.15) is 28.9 Å². The highest BCUT2D eigenvalue weighted by molar-refractivity contribution is 7.52. The maximum absolute atomic E-state index is 13.8. The van der Waals surface area contributed by atoms with Crippen molar-refractivity contribution in [2.24, 2.45) is 0 Å². The Morgan fingerprint density at radius 3 is 2.63 bits per heavy atom. The van der Waals surface area contributed by atoms with Gasteiger partial charge in [-0.25, -0.2) is 9.55 Å². The maximum atomic E-state index is 13.8. The van der Waals surface area contributed by atoms with Crippen molar-refractivity contribution in [3.8, 4) is 5.75 Å². The van der Waals surface area contributed by atoms with E-state index in [1.165, 1.54) is 17.8 Å². The van der Waals surface area contributed by atoms with Gasteiger partial charge in [0.05, 0.1) is 25.6 Å². The molecule has 6 N–H and O–H groups in total. The smallest absolute Gasteiger partial charge is 0.459 e. The molecule has 6 atom stereocenters. The summed E-state index contributed by atoms with van der Waals surface area (Å²) in [6.45, 7) is 3.57.